The Morgan fingerprint density at radius 3 is 2.75 bits per heavy atom. The van der Waals surface area contributed by atoms with Crippen LogP contribution in [0.15, 0.2) is 23.1 Å². The summed E-state index contributed by atoms with van der Waals surface area (Å²) in [6, 6.07) is 3.09. The number of halogens is 1. The van der Waals surface area contributed by atoms with E-state index in [1.807, 2.05) is 0 Å². The van der Waals surface area contributed by atoms with Crippen molar-refractivity contribution >= 4 is 20.8 Å². The van der Waals surface area contributed by atoms with Gasteiger partial charge in [-0.3, -0.25) is 4.21 Å². The first-order chi connectivity index (χ1) is 9.36. The van der Waals surface area contributed by atoms with E-state index in [0.717, 1.165) is 18.2 Å². The van der Waals surface area contributed by atoms with Crippen LogP contribution in [-0.2, 0) is 20.8 Å². The third kappa shape index (κ3) is 5.02. The highest BCUT2D eigenvalue weighted by atomic mass is 32.2. The minimum Gasteiger partial charge on any atom is -0.384 e. The van der Waals surface area contributed by atoms with Crippen molar-refractivity contribution in [1.82, 2.24) is 4.72 Å². The summed E-state index contributed by atoms with van der Waals surface area (Å²) in [6.07, 6.45) is 1.46. The predicted molar refractivity (Wildman–Crippen MR) is 74.5 cm³/mol. The van der Waals surface area contributed by atoms with Crippen molar-refractivity contribution in [2.24, 2.45) is 0 Å². The smallest absolute Gasteiger partial charge is 0.241 e. The average molecular weight is 319 g/mol. The highest BCUT2D eigenvalue weighted by molar-refractivity contribution is 7.89. The number of benzene rings is 1. The highest BCUT2D eigenvalue weighted by Crippen LogP contribution is 2.16. The summed E-state index contributed by atoms with van der Waals surface area (Å²) in [5.74, 6) is 4.22. The molecule has 2 N–H and O–H groups in total. The Hall–Kier alpha value is -1.27. The monoisotopic (exact) mass is 319 g/mol. The number of hydrogen-bond acceptors (Lipinski definition) is 4. The molecule has 1 atom stereocenters. The summed E-state index contributed by atoms with van der Waals surface area (Å²) in [5, 5.41) is 8.63. The third-order valence-corrected chi connectivity index (χ3v) is 4.51. The van der Waals surface area contributed by atoms with Gasteiger partial charge in [-0.15, -0.1) is 0 Å². The van der Waals surface area contributed by atoms with Gasteiger partial charge in [0.2, 0.25) is 10.0 Å². The van der Waals surface area contributed by atoms with Crippen LogP contribution >= 0.6 is 0 Å². The Kier molecular flexibility index (Phi) is 6.29. The van der Waals surface area contributed by atoms with E-state index in [9.17, 15) is 17.0 Å². The molecule has 0 fully saturated rings. The van der Waals surface area contributed by atoms with Gasteiger partial charge in [-0.25, -0.2) is 17.5 Å². The van der Waals surface area contributed by atoms with Crippen molar-refractivity contribution in [3.05, 3.63) is 29.6 Å². The molecule has 1 unspecified atom stereocenters. The maximum absolute atomic E-state index is 13.1. The number of aliphatic hydroxyl groups excluding tert-OH is 1. The van der Waals surface area contributed by atoms with E-state index < -0.39 is 33.2 Å². The summed E-state index contributed by atoms with van der Waals surface area (Å²) < 4.78 is 50.4. The molecule has 0 saturated heterocycles. The van der Waals surface area contributed by atoms with Gasteiger partial charge in [-0.2, -0.15) is 0 Å². The first-order valence-electron chi connectivity index (χ1n) is 5.56. The molecule has 0 amide bonds. The Morgan fingerprint density at radius 1 is 1.45 bits per heavy atom. The van der Waals surface area contributed by atoms with Crippen LogP contribution in [0.1, 0.15) is 5.56 Å². The summed E-state index contributed by atoms with van der Waals surface area (Å²) in [7, 11) is -4.99. The molecular weight excluding hydrogens is 305 g/mol. The highest BCUT2D eigenvalue weighted by Gasteiger charge is 2.18. The molecular formula is C12H14FNO4S2. The lowest BCUT2D eigenvalue weighted by molar-refractivity contribution is 0.350. The molecule has 0 saturated carbocycles. The van der Waals surface area contributed by atoms with E-state index in [4.69, 9.17) is 5.11 Å². The van der Waals surface area contributed by atoms with Gasteiger partial charge in [0, 0.05) is 34.9 Å². The SMILES string of the molecule is CS(=O)CCNS(=O)(=O)c1ccc(F)cc1C#CCO. The molecule has 0 aliphatic heterocycles. The molecule has 5 nitrogen and oxygen atoms in total. The predicted octanol–water partition coefficient (Wildman–Crippen LogP) is -0.174. The van der Waals surface area contributed by atoms with Crippen LogP contribution in [0.5, 0.6) is 0 Å². The van der Waals surface area contributed by atoms with E-state index in [-0.39, 0.29) is 22.8 Å². The van der Waals surface area contributed by atoms with E-state index in [0.29, 0.717) is 0 Å². The second-order valence-corrected chi connectivity index (χ2v) is 7.07. The van der Waals surface area contributed by atoms with E-state index in [1.165, 1.54) is 6.26 Å². The zero-order valence-corrected chi connectivity index (χ0v) is 12.4. The van der Waals surface area contributed by atoms with Gasteiger partial charge in [0.05, 0.1) is 4.90 Å². The molecule has 1 rings (SSSR count). The number of nitrogens with one attached hydrogen (secondary N) is 1. The van der Waals surface area contributed by atoms with Crippen LogP contribution in [0.3, 0.4) is 0 Å². The minimum atomic E-state index is -3.87. The lowest BCUT2D eigenvalue weighted by atomic mass is 10.2. The molecule has 0 spiro atoms. The van der Waals surface area contributed by atoms with E-state index in [1.54, 1.807) is 0 Å². The van der Waals surface area contributed by atoms with Crippen molar-refractivity contribution in [1.29, 1.82) is 0 Å². The molecule has 0 aliphatic carbocycles. The molecule has 8 heteroatoms. The second kappa shape index (κ2) is 7.50. The largest absolute Gasteiger partial charge is 0.384 e. The second-order valence-electron chi connectivity index (χ2n) is 3.78. The van der Waals surface area contributed by atoms with Crippen LogP contribution in [0, 0.1) is 17.7 Å². The standard InChI is InChI=1S/C12H14FNO4S2/c1-19(16)8-6-14-20(17,18)12-5-4-11(13)9-10(12)3-2-7-15/h4-5,9,14-15H,6-8H2,1H3. The molecule has 0 aromatic heterocycles. The van der Waals surface area contributed by atoms with Crippen molar-refractivity contribution in [2.75, 3.05) is 25.2 Å². The molecule has 20 heavy (non-hydrogen) atoms. The Morgan fingerprint density at radius 2 is 2.15 bits per heavy atom. The third-order valence-electron chi connectivity index (χ3n) is 2.21. The number of sulfonamides is 1. The summed E-state index contributed by atoms with van der Waals surface area (Å²) in [4.78, 5) is -0.179. The van der Waals surface area contributed by atoms with Gasteiger partial charge in [0.15, 0.2) is 0 Å². The lowest BCUT2D eigenvalue weighted by Gasteiger charge is -2.08. The fraction of sp³-hybridized carbons (Fsp3) is 0.333. The normalized spacial score (nSPS) is 12.6. The topological polar surface area (TPSA) is 83.5 Å². The average Bonchev–Trinajstić information content (AvgIpc) is 2.35. The fourth-order valence-corrected chi connectivity index (χ4v) is 3.06. The Bertz CT molecular complexity index is 662. The fourth-order valence-electron chi connectivity index (χ4n) is 1.37. The molecule has 0 bridgehead atoms. The van der Waals surface area contributed by atoms with Crippen LogP contribution in [0.4, 0.5) is 4.39 Å². The number of hydrogen-bond donors (Lipinski definition) is 2. The molecule has 0 heterocycles. The van der Waals surface area contributed by atoms with Crippen LogP contribution in [0.25, 0.3) is 0 Å². The molecule has 1 aromatic rings. The first-order valence-corrected chi connectivity index (χ1v) is 8.77. The molecule has 0 radical (unpaired) electrons. The van der Waals surface area contributed by atoms with Crippen molar-refractivity contribution < 1.29 is 22.1 Å². The zero-order valence-electron chi connectivity index (χ0n) is 10.7. The van der Waals surface area contributed by atoms with E-state index >= 15 is 0 Å². The summed E-state index contributed by atoms with van der Waals surface area (Å²) >= 11 is 0. The van der Waals surface area contributed by atoms with Crippen molar-refractivity contribution in [3.63, 3.8) is 0 Å². The van der Waals surface area contributed by atoms with Crippen LogP contribution < -0.4 is 4.72 Å². The molecule has 1 aromatic carbocycles. The maximum atomic E-state index is 13.1. The minimum absolute atomic E-state index is 0.00961. The van der Waals surface area contributed by atoms with Crippen molar-refractivity contribution in [2.45, 2.75) is 4.90 Å². The summed E-state index contributed by atoms with van der Waals surface area (Å²) in [5.41, 5.74) is -0.0378. The number of aliphatic hydroxyl groups is 1. The molecule has 0 aliphatic rings. The van der Waals surface area contributed by atoms with Gasteiger partial charge in [-0.05, 0) is 18.2 Å². The maximum Gasteiger partial charge on any atom is 0.241 e. The van der Waals surface area contributed by atoms with Crippen molar-refractivity contribution in [3.8, 4) is 11.8 Å². The quantitative estimate of drug-likeness (QED) is 0.738. The molecule has 110 valence electrons. The van der Waals surface area contributed by atoms with Crippen LogP contribution in [0.2, 0.25) is 0 Å². The Balaban J connectivity index is 3.07. The lowest BCUT2D eigenvalue weighted by Crippen LogP contribution is -2.28. The van der Waals surface area contributed by atoms with Gasteiger partial charge < -0.3 is 5.11 Å². The summed E-state index contributed by atoms with van der Waals surface area (Å²) in [6.45, 7) is -0.450. The van der Waals surface area contributed by atoms with Gasteiger partial charge in [0.25, 0.3) is 0 Å². The van der Waals surface area contributed by atoms with Gasteiger partial charge in [-0.1, -0.05) is 11.8 Å². The van der Waals surface area contributed by atoms with Gasteiger partial charge >= 0.3 is 0 Å². The number of rotatable bonds is 5. The van der Waals surface area contributed by atoms with Crippen LogP contribution in [-0.4, -0.2) is 42.9 Å². The van der Waals surface area contributed by atoms with E-state index in [2.05, 4.69) is 16.6 Å². The van der Waals surface area contributed by atoms with Gasteiger partial charge in [0.1, 0.15) is 12.4 Å². The Labute approximate surface area is 119 Å². The first kappa shape index (κ1) is 16.8. The zero-order chi connectivity index (χ0) is 15.2.